The summed E-state index contributed by atoms with van der Waals surface area (Å²) in [6.45, 7) is 8.91. The second-order valence-corrected chi connectivity index (χ2v) is 24.4. The molecule has 2 aliphatic carbocycles. The predicted molar refractivity (Wildman–Crippen MR) is 295 cm³/mol. The van der Waals surface area contributed by atoms with Gasteiger partial charge in [-0.3, -0.25) is 9.59 Å². The van der Waals surface area contributed by atoms with E-state index >= 15 is 26.3 Å². The summed E-state index contributed by atoms with van der Waals surface area (Å²) in [5, 5.41) is 5.97. The first kappa shape index (κ1) is 58.9. The van der Waals surface area contributed by atoms with Gasteiger partial charge in [-0.05, 0) is 85.4 Å². The van der Waals surface area contributed by atoms with Crippen LogP contribution >= 0.6 is 23.5 Å². The molecule has 0 saturated heterocycles. The fraction of sp³-hybridized carbons (Fsp3) is 0.639. The Morgan fingerprint density at radius 1 is 0.411 bits per heavy atom. The number of benzene rings is 2. The van der Waals surface area contributed by atoms with Crippen LogP contribution in [0.3, 0.4) is 0 Å². The number of rotatable bonds is 34. The monoisotopic (exact) mass is 1050 g/mol. The van der Waals surface area contributed by atoms with Crippen molar-refractivity contribution in [3.63, 3.8) is 0 Å². The van der Waals surface area contributed by atoms with E-state index in [9.17, 15) is 9.59 Å². The Morgan fingerprint density at radius 2 is 0.671 bits per heavy atom. The summed E-state index contributed by atoms with van der Waals surface area (Å²) in [5.41, 5.74) is -1.20. The lowest BCUT2D eigenvalue weighted by Gasteiger charge is -2.47. The summed E-state index contributed by atoms with van der Waals surface area (Å²) in [5.74, 6) is -16.4. The number of fused-ring (bicyclic) bond motifs is 4. The summed E-state index contributed by atoms with van der Waals surface area (Å²) in [6.07, 6.45) is 37.6. The van der Waals surface area contributed by atoms with E-state index in [1.165, 1.54) is 177 Å². The van der Waals surface area contributed by atoms with E-state index in [1.54, 1.807) is 62.4 Å². The van der Waals surface area contributed by atoms with Gasteiger partial charge in [0.25, 0.3) is 11.8 Å². The minimum atomic E-state index is -5.66. The van der Waals surface area contributed by atoms with Crippen molar-refractivity contribution in [2.24, 2.45) is 0 Å². The zero-order chi connectivity index (χ0) is 52.5. The van der Waals surface area contributed by atoms with Gasteiger partial charge in [0.1, 0.15) is 0 Å². The molecule has 2 amide bonds. The van der Waals surface area contributed by atoms with Crippen molar-refractivity contribution in [1.82, 2.24) is 10.6 Å². The number of alkyl halides is 6. The fourth-order valence-corrected chi connectivity index (χ4v) is 14.2. The zero-order valence-corrected chi connectivity index (χ0v) is 46.0. The highest BCUT2D eigenvalue weighted by Crippen LogP contribution is 2.75. The summed E-state index contributed by atoms with van der Waals surface area (Å²) >= 11 is 2.37. The Balaban J connectivity index is 1.01. The summed E-state index contributed by atoms with van der Waals surface area (Å²) in [6, 6.07) is 13.3. The molecule has 2 aromatic carbocycles. The van der Waals surface area contributed by atoms with E-state index in [0.29, 0.717) is 45.2 Å². The van der Waals surface area contributed by atoms with E-state index in [4.69, 9.17) is 0 Å². The molecule has 0 spiro atoms. The molecule has 73 heavy (non-hydrogen) atoms. The number of hydrogen-bond acceptors (Lipinski definition) is 4. The van der Waals surface area contributed by atoms with Crippen molar-refractivity contribution in [2.45, 2.75) is 235 Å². The predicted octanol–water partition coefficient (Wildman–Crippen LogP) is 19.0. The van der Waals surface area contributed by atoms with Crippen LogP contribution in [0.5, 0.6) is 0 Å². The van der Waals surface area contributed by atoms with Crippen molar-refractivity contribution in [1.29, 1.82) is 0 Å². The maximum atomic E-state index is 16.0. The Labute approximate surface area is 442 Å². The first-order valence-corrected chi connectivity index (χ1v) is 29.9. The van der Waals surface area contributed by atoms with Gasteiger partial charge in [-0.1, -0.05) is 205 Å². The highest BCUT2D eigenvalue weighted by Gasteiger charge is 2.84. The first-order valence-electron chi connectivity index (χ1n) is 28.3. The number of allylic oxidation sites excluding steroid dienone is 4. The van der Waals surface area contributed by atoms with Crippen LogP contribution < -0.4 is 10.6 Å². The average Bonchev–Trinajstić information content (AvgIpc) is 3.96. The van der Waals surface area contributed by atoms with E-state index in [1.807, 2.05) is 0 Å². The number of nitrogens with one attached hydrogen (secondary N) is 2. The van der Waals surface area contributed by atoms with Crippen LogP contribution in [0.4, 0.5) is 26.3 Å². The molecule has 1 fully saturated rings. The molecular weight excluding hydrogens is 971 g/mol. The third-order valence-corrected chi connectivity index (χ3v) is 19.2. The second-order valence-electron chi connectivity index (χ2n) is 21.4. The van der Waals surface area contributed by atoms with Gasteiger partial charge >= 0.3 is 17.8 Å². The number of thioether (sulfide) groups is 2. The lowest BCUT2D eigenvalue weighted by atomic mass is 9.71. The Bertz CT molecular complexity index is 2100. The molecule has 404 valence electrons. The molecule has 2 aromatic rings. The van der Waals surface area contributed by atoms with Crippen molar-refractivity contribution < 1.29 is 35.9 Å². The number of amides is 2. The maximum Gasteiger partial charge on any atom is 0.380 e. The van der Waals surface area contributed by atoms with Crippen molar-refractivity contribution >= 4 is 45.1 Å². The molecule has 1 saturated carbocycles. The molecule has 2 atom stereocenters. The zero-order valence-electron chi connectivity index (χ0n) is 44.4. The number of carbonyl (C=O) groups excluding carboxylic acids is 2. The lowest BCUT2D eigenvalue weighted by Crippen LogP contribution is -2.48. The van der Waals surface area contributed by atoms with Gasteiger partial charge in [-0.2, -0.15) is 26.3 Å². The summed E-state index contributed by atoms with van der Waals surface area (Å²) in [7, 11) is 0. The van der Waals surface area contributed by atoms with Crippen LogP contribution in [0.1, 0.15) is 239 Å². The topological polar surface area (TPSA) is 58.2 Å². The van der Waals surface area contributed by atoms with Crippen LogP contribution in [-0.4, -0.2) is 52.2 Å². The van der Waals surface area contributed by atoms with Gasteiger partial charge in [-0.15, -0.1) is 23.5 Å². The third-order valence-electron chi connectivity index (χ3n) is 15.8. The van der Waals surface area contributed by atoms with E-state index < -0.39 is 38.4 Å². The van der Waals surface area contributed by atoms with Crippen LogP contribution in [0, 0.1) is 0 Å². The maximum absolute atomic E-state index is 16.0. The van der Waals surface area contributed by atoms with Gasteiger partial charge in [0, 0.05) is 45.2 Å². The molecule has 2 N–H and O–H groups in total. The van der Waals surface area contributed by atoms with E-state index in [2.05, 4.69) is 24.5 Å². The van der Waals surface area contributed by atoms with Crippen LogP contribution in [-0.2, 0) is 0 Å². The quantitative estimate of drug-likeness (QED) is 0.0542. The molecule has 2 heterocycles. The minimum Gasteiger partial charge on any atom is -0.352 e. The number of halogens is 6. The van der Waals surface area contributed by atoms with Gasteiger partial charge in [0.2, 0.25) is 0 Å². The van der Waals surface area contributed by atoms with Crippen molar-refractivity contribution in [2.75, 3.05) is 13.1 Å². The number of unbranched alkanes of at least 4 members (excludes halogenated alkanes) is 26. The Hall–Kier alpha value is -3.38. The van der Waals surface area contributed by atoms with Gasteiger partial charge < -0.3 is 10.6 Å². The minimum absolute atomic E-state index is 0.240. The first-order chi connectivity index (χ1) is 35.0. The lowest BCUT2D eigenvalue weighted by molar-refractivity contribution is -0.258. The molecule has 6 rings (SSSR count). The van der Waals surface area contributed by atoms with Crippen molar-refractivity contribution in [3.8, 4) is 0 Å². The Morgan fingerprint density at radius 3 is 0.945 bits per heavy atom. The molecule has 0 aromatic heterocycles. The molecule has 0 bridgehead atoms. The van der Waals surface area contributed by atoms with Gasteiger partial charge in [0.05, 0.1) is 9.49 Å². The average molecular weight is 1060 g/mol. The molecule has 4 nitrogen and oxygen atoms in total. The van der Waals surface area contributed by atoms with E-state index in [-0.39, 0.29) is 23.0 Å². The molecule has 12 heteroatoms. The summed E-state index contributed by atoms with van der Waals surface area (Å²) in [4.78, 5) is 27.1. The number of carbonyl (C=O) groups is 2. The standard InChI is InChI=1S/C61H84F6N2O2S2/c1-5-7-9-11-13-15-17-19-21-23-25-27-29-31-41-68-55(70)47-37-33-45(34-38-47)51-43-49-53-54(60(64,65)61(66,67)59(53,62)63)50-44-52(73-58(50,4)57(49,3)72-51)46-35-39-48(40-36-46)56(71)69-42-32-30-28-26-24-22-20-18-16-14-12-10-8-6-2/h33-40,43-44H,5-32,41-42H2,1-4H3,(H,68,70)(H,69,71). The van der Waals surface area contributed by atoms with Crippen molar-refractivity contribution in [3.05, 3.63) is 105 Å². The molecule has 0 radical (unpaired) electrons. The van der Waals surface area contributed by atoms with Gasteiger partial charge in [0.15, 0.2) is 0 Å². The van der Waals surface area contributed by atoms with E-state index in [0.717, 1.165) is 38.5 Å². The molecule has 2 unspecified atom stereocenters. The molecular formula is C61H84F6N2O2S2. The molecule has 2 aliphatic heterocycles. The van der Waals surface area contributed by atoms with Crippen LogP contribution in [0.25, 0.3) is 9.81 Å². The van der Waals surface area contributed by atoms with Crippen LogP contribution in [0.2, 0.25) is 0 Å². The molecule has 4 aliphatic rings. The smallest absolute Gasteiger partial charge is 0.352 e. The fourth-order valence-electron chi connectivity index (χ4n) is 11.0. The SMILES string of the molecule is CCCCCCCCCCCCCCCCNC(=O)c1ccc(C2=CC3=C4C(=C5C=C(c6ccc(C(=O)NCCCCCCCCCCCCCCCC)cc6)SC5(C)C3(C)S2)C(F)(F)C(F)(F)C4(F)F)cc1. The summed E-state index contributed by atoms with van der Waals surface area (Å²) < 4.78 is 92.4. The third kappa shape index (κ3) is 14.0. The highest BCUT2D eigenvalue weighted by molar-refractivity contribution is 8.14. The van der Waals surface area contributed by atoms with Crippen LogP contribution in [0.15, 0.2) is 83.0 Å². The second kappa shape index (κ2) is 27.6. The highest BCUT2D eigenvalue weighted by atomic mass is 32.2. The number of hydrogen-bond donors (Lipinski definition) is 2. The normalized spacial score (nSPS) is 21.2. The van der Waals surface area contributed by atoms with Gasteiger partial charge in [-0.25, -0.2) is 0 Å². The Kier molecular flexibility index (Phi) is 22.3. The largest absolute Gasteiger partial charge is 0.380 e.